The molecular weight excluding hydrogens is 639 g/mol. The lowest BCUT2D eigenvalue weighted by atomic mass is 10.00. The van der Waals surface area contributed by atoms with Crippen LogP contribution < -0.4 is 4.90 Å². The number of hydrogen-bond donors (Lipinski definition) is 0. The van der Waals surface area contributed by atoms with Gasteiger partial charge in [0, 0.05) is 47.9 Å². The Balaban J connectivity index is 1.14. The number of para-hydroxylation sites is 2. The first-order valence-corrected chi connectivity index (χ1v) is 18.1. The van der Waals surface area contributed by atoms with Gasteiger partial charge >= 0.3 is 0 Å². The van der Waals surface area contributed by atoms with Gasteiger partial charge in [-0.05, 0) is 70.3 Å². The molecule has 0 atom stereocenters. The maximum Gasteiger partial charge on any atom is 0.159 e. The summed E-state index contributed by atoms with van der Waals surface area (Å²) >= 11 is 1.84. The molecule has 0 radical (unpaired) electrons. The fraction of sp³-hybridized carbons (Fsp3) is 0. The van der Waals surface area contributed by atoms with E-state index in [9.17, 15) is 0 Å². The normalized spacial score (nSPS) is 11.5. The van der Waals surface area contributed by atoms with Crippen molar-refractivity contribution in [2.24, 2.45) is 0 Å². The van der Waals surface area contributed by atoms with Crippen molar-refractivity contribution in [2.75, 3.05) is 4.90 Å². The molecule has 0 amide bonds. The summed E-state index contributed by atoms with van der Waals surface area (Å²) in [6.45, 7) is 0. The minimum absolute atomic E-state index is 0.867. The second kappa shape index (κ2) is 12.2. The fourth-order valence-electron chi connectivity index (χ4n) is 7.40. The summed E-state index contributed by atoms with van der Waals surface area (Å²) in [6.07, 6.45) is 0. The van der Waals surface area contributed by atoms with Crippen LogP contribution in [0, 0.1) is 0 Å². The predicted molar refractivity (Wildman–Crippen MR) is 218 cm³/mol. The van der Waals surface area contributed by atoms with Crippen LogP contribution in [0.5, 0.6) is 0 Å². The first-order chi connectivity index (χ1) is 25.3. The largest absolute Gasteiger partial charge is 0.453 e. The van der Waals surface area contributed by atoms with Gasteiger partial charge in [-0.2, -0.15) is 0 Å². The van der Waals surface area contributed by atoms with Crippen LogP contribution in [0.4, 0.5) is 17.1 Å². The van der Waals surface area contributed by atoms with Gasteiger partial charge in [-0.1, -0.05) is 146 Å². The van der Waals surface area contributed by atoms with Crippen molar-refractivity contribution in [3.8, 4) is 33.4 Å². The van der Waals surface area contributed by atoms with Crippen molar-refractivity contribution < 1.29 is 4.42 Å². The number of benzene rings is 8. The van der Waals surface area contributed by atoms with Gasteiger partial charge in [0.15, 0.2) is 5.58 Å². The molecule has 0 saturated heterocycles. The summed E-state index contributed by atoms with van der Waals surface area (Å²) in [5, 5.41) is 4.75. The summed E-state index contributed by atoms with van der Waals surface area (Å²) in [6, 6.07) is 67.3. The molecule has 3 heteroatoms. The molecule has 0 unspecified atom stereocenters. The summed E-state index contributed by atoms with van der Waals surface area (Å²) < 4.78 is 9.52. The van der Waals surface area contributed by atoms with E-state index in [4.69, 9.17) is 4.42 Å². The van der Waals surface area contributed by atoms with Gasteiger partial charge in [0.2, 0.25) is 0 Å². The van der Waals surface area contributed by atoms with E-state index in [0.29, 0.717) is 0 Å². The van der Waals surface area contributed by atoms with Crippen molar-refractivity contribution in [1.82, 2.24) is 0 Å². The SMILES string of the molecule is c1ccc(-c2ccc(-c3ccc(N(c4ccc5sc6ccccc6c5c4)c4cccc5c4oc4c(-c6ccccc6)cccc45)cc3)cc2)cc1. The Kier molecular flexibility index (Phi) is 7.04. The standard InChI is InChI=1S/C48H31NOS/c1-3-11-32(12-4-1)33-21-23-34(24-22-33)35-25-27-37(28-26-35)49(38-29-30-46-43(31-38)40-15-7-8-20-45(40)51-46)44-19-10-18-42-41-17-9-16-39(47(41)50-48(42)44)36-13-5-2-6-14-36/h1-31H. The third kappa shape index (κ3) is 5.10. The highest BCUT2D eigenvalue weighted by atomic mass is 32.1. The van der Waals surface area contributed by atoms with Gasteiger partial charge in [-0.15, -0.1) is 11.3 Å². The Hall–Kier alpha value is -6.42. The highest BCUT2D eigenvalue weighted by molar-refractivity contribution is 7.25. The highest BCUT2D eigenvalue weighted by Gasteiger charge is 2.21. The molecule has 2 heterocycles. The topological polar surface area (TPSA) is 16.4 Å². The minimum atomic E-state index is 0.867. The van der Waals surface area contributed by atoms with Crippen molar-refractivity contribution in [2.45, 2.75) is 0 Å². The molecule has 2 aromatic heterocycles. The lowest BCUT2D eigenvalue weighted by Gasteiger charge is -2.26. The lowest BCUT2D eigenvalue weighted by Crippen LogP contribution is -2.10. The number of nitrogens with zero attached hydrogens (tertiary/aromatic N) is 1. The first-order valence-electron chi connectivity index (χ1n) is 17.3. The Morgan fingerprint density at radius 2 is 0.882 bits per heavy atom. The average Bonchev–Trinajstić information content (AvgIpc) is 3.78. The zero-order valence-corrected chi connectivity index (χ0v) is 28.5. The third-order valence-electron chi connectivity index (χ3n) is 9.90. The second-order valence-electron chi connectivity index (χ2n) is 12.9. The molecule has 10 aromatic rings. The molecular formula is C48H31NOS. The second-order valence-corrected chi connectivity index (χ2v) is 14.0. The van der Waals surface area contributed by atoms with E-state index in [1.807, 2.05) is 11.3 Å². The first kappa shape index (κ1) is 29.5. The highest BCUT2D eigenvalue weighted by Crippen LogP contribution is 2.46. The monoisotopic (exact) mass is 669 g/mol. The molecule has 0 spiro atoms. The number of hydrogen-bond acceptors (Lipinski definition) is 3. The van der Waals surface area contributed by atoms with Gasteiger partial charge in [0.25, 0.3) is 0 Å². The van der Waals surface area contributed by atoms with Gasteiger partial charge < -0.3 is 9.32 Å². The predicted octanol–water partition coefficient (Wildman–Crippen LogP) is 14.4. The number of rotatable bonds is 6. The summed E-state index contributed by atoms with van der Waals surface area (Å²) in [7, 11) is 0. The van der Waals surface area contributed by atoms with Crippen LogP contribution >= 0.6 is 11.3 Å². The van der Waals surface area contributed by atoms with Crippen molar-refractivity contribution in [3.05, 3.63) is 188 Å². The molecule has 0 bridgehead atoms. The Labute approximate surface area is 300 Å². The zero-order valence-electron chi connectivity index (χ0n) is 27.7. The number of anilines is 3. The van der Waals surface area contributed by atoms with Crippen LogP contribution in [0.25, 0.3) is 75.5 Å². The van der Waals surface area contributed by atoms with E-state index in [1.54, 1.807) is 0 Å². The van der Waals surface area contributed by atoms with Crippen molar-refractivity contribution >= 4 is 70.5 Å². The maximum absolute atomic E-state index is 6.94. The molecule has 0 N–H and O–H groups in total. The molecule has 0 aliphatic rings. The van der Waals surface area contributed by atoms with E-state index in [1.165, 1.54) is 42.4 Å². The molecule has 10 rings (SSSR count). The van der Waals surface area contributed by atoms with Crippen molar-refractivity contribution in [3.63, 3.8) is 0 Å². The molecule has 0 aliphatic carbocycles. The Morgan fingerprint density at radius 3 is 1.61 bits per heavy atom. The third-order valence-corrected chi connectivity index (χ3v) is 11.1. The van der Waals surface area contributed by atoms with Crippen molar-refractivity contribution in [1.29, 1.82) is 0 Å². The van der Waals surface area contributed by atoms with E-state index in [-0.39, 0.29) is 0 Å². The van der Waals surface area contributed by atoms with Crippen LogP contribution in [0.2, 0.25) is 0 Å². The fourth-order valence-corrected chi connectivity index (χ4v) is 8.48. The summed E-state index contributed by atoms with van der Waals surface area (Å²) in [5.74, 6) is 0. The smallest absolute Gasteiger partial charge is 0.159 e. The lowest BCUT2D eigenvalue weighted by molar-refractivity contribution is 0.670. The number of thiophene rings is 1. The Bertz CT molecular complexity index is 2830. The summed E-state index contributed by atoms with van der Waals surface area (Å²) in [5.41, 5.74) is 12.0. The van der Waals surface area contributed by atoms with E-state index in [0.717, 1.165) is 50.1 Å². The van der Waals surface area contributed by atoms with E-state index in [2.05, 4.69) is 193 Å². The number of fused-ring (bicyclic) bond motifs is 6. The van der Waals surface area contributed by atoms with E-state index >= 15 is 0 Å². The van der Waals surface area contributed by atoms with Gasteiger partial charge in [-0.3, -0.25) is 0 Å². The summed E-state index contributed by atoms with van der Waals surface area (Å²) in [4.78, 5) is 2.35. The van der Waals surface area contributed by atoms with Gasteiger partial charge in [-0.25, -0.2) is 0 Å². The van der Waals surface area contributed by atoms with Crippen LogP contribution in [-0.2, 0) is 0 Å². The molecule has 0 fully saturated rings. The maximum atomic E-state index is 6.94. The molecule has 240 valence electrons. The van der Waals surface area contributed by atoms with Gasteiger partial charge in [0.05, 0.1) is 5.69 Å². The van der Waals surface area contributed by atoms with Gasteiger partial charge in [0.1, 0.15) is 5.58 Å². The Morgan fingerprint density at radius 1 is 0.353 bits per heavy atom. The van der Waals surface area contributed by atoms with Crippen LogP contribution in [0.15, 0.2) is 192 Å². The van der Waals surface area contributed by atoms with Crippen LogP contribution in [0.1, 0.15) is 0 Å². The minimum Gasteiger partial charge on any atom is -0.453 e. The van der Waals surface area contributed by atoms with E-state index < -0.39 is 0 Å². The molecule has 8 aromatic carbocycles. The molecule has 2 nitrogen and oxygen atoms in total. The van der Waals surface area contributed by atoms with Crippen LogP contribution in [-0.4, -0.2) is 0 Å². The number of furan rings is 1. The van der Waals surface area contributed by atoms with Crippen LogP contribution in [0.3, 0.4) is 0 Å². The average molecular weight is 670 g/mol. The molecule has 51 heavy (non-hydrogen) atoms. The molecule has 0 saturated carbocycles. The zero-order chi connectivity index (χ0) is 33.7. The molecule has 0 aliphatic heterocycles. The quantitative estimate of drug-likeness (QED) is 0.175.